The minimum Gasteiger partial charge on any atom is -0.386 e. The lowest BCUT2D eigenvalue weighted by molar-refractivity contribution is 0.0805. The largest absolute Gasteiger partial charge is 0.386 e. The summed E-state index contributed by atoms with van der Waals surface area (Å²) in [5, 5.41) is 18.9. The van der Waals surface area contributed by atoms with Crippen LogP contribution in [0, 0.1) is 0 Å². The predicted molar refractivity (Wildman–Crippen MR) is 60.1 cm³/mol. The van der Waals surface area contributed by atoms with Crippen LogP contribution in [-0.4, -0.2) is 22.4 Å². The average molecular weight is 198 g/mol. The third-order valence-electron chi connectivity index (χ3n) is 1.93. The summed E-state index contributed by atoms with van der Waals surface area (Å²) in [6.07, 6.45) is 9.60. The van der Waals surface area contributed by atoms with Crippen LogP contribution in [0.15, 0.2) is 24.3 Å². The van der Waals surface area contributed by atoms with Crippen LogP contribution >= 0.6 is 0 Å². The maximum atomic E-state index is 9.46. The first-order valence-electron chi connectivity index (χ1n) is 5.41. The van der Waals surface area contributed by atoms with Crippen LogP contribution in [-0.2, 0) is 0 Å². The highest BCUT2D eigenvalue weighted by Crippen LogP contribution is 2.01. The van der Waals surface area contributed by atoms with Gasteiger partial charge in [0.1, 0.15) is 12.2 Å². The second kappa shape index (κ2) is 8.97. The molecule has 0 aromatic rings. The number of aliphatic hydroxyl groups excluding tert-OH is 2. The Balaban J connectivity index is 3.80. The number of aliphatic hydroxyl groups is 2. The van der Waals surface area contributed by atoms with Crippen LogP contribution in [0.1, 0.15) is 39.5 Å². The van der Waals surface area contributed by atoms with Crippen molar-refractivity contribution in [2.45, 2.75) is 51.7 Å². The molecule has 0 amide bonds. The maximum Gasteiger partial charge on any atom is 0.102 e. The van der Waals surface area contributed by atoms with Crippen molar-refractivity contribution >= 4 is 0 Å². The normalized spacial score (nSPS) is 16.6. The number of allylic oxidation sites excluding steroid dienone is 2. The Labute approximate surface area is 87.0 Å². The van der Waals surface area contributed by atoms with Crippen molar-refractivity contribution in [3.05, 3.63) is 24.3 Å². The second-order valence-corrected chi connectivity index (χ2v) is 3.41. The molecule has 0 rings (SSSR count). The SMILES string of the molecule is CCC/C=C/C(O)C(O)/C=C/CCC. The Morgan fingerprint density at radius 1 is 0.857 bits per heavy atom. The summed E-state index contributed by atoms with van der Waals surface area (Å²) in [5.41, 5.74) is 0. The average Bonchev–Trinajstić information content (AvgIpc) is 2.18. The first-order chi connectivity index (χ1) is 6.72. The van der Waals surface area contributed by atoms with E-state index < -0.39 is 12.2 Å². The van der Waals surface area contributed by atoms with Crippen molar-refractivity contribution in [3.63, 3.8) is 0 Å². The molecule has 0 aromatic heterocycles. The number of rotatable bonds is 7. The second-order valence-electron chi connectivity index (χ2n) is 3.41. The van der Waals surface area contributed by atoms with Crippen molar-refractivity contribution in [1.82, 2.24) is 0 Å². The summed E-state index contributed by atoms with van der Waals surface area (Å²) in [6, 6.07) is 0. The van der Waals surface area contributed by atoms with Gasteiger partial charge in [-0.15, -0.1) is 0 Å². The Morgan fingerprint density at radius 3 is 1.50 bits per heavy atom. The Morgan fingerprint density at radius 2 is 1.21 bits per heavy atom. The van der Waals surface area contributed by atoms with Crippen LogP contribution in [0.25, 0.3) is 0 Å². The molecule has 0 aliphatic heterocycles. The Kier molecular flexibility index (Phi) is 8.59. The van der Waals surface area contributed by atoms with E-state index in [0.29, 0.717) is 0 Å². The van der Waals surface area contributed by atoms with Crippen LogP contribution in [0.4, 0.5) is 0 Å². The fourth-order valence-electron chi connectivity index (χ4n) is 1.03. The number of hydrogen-bond acceptors (Lipinski definition) is 2. The lowest BCUT2D eigenvalue weighted by Crippen LogP contribution is -2.21. The maximum absolute atomic E-state index is 9.46. The summed E-state index contributed by atoms with van der Waals surface area (Å²) >= 11 is 0. The molecule has 0 bridgehead atoms. The highest BCUT2D eigenvalue weighted by Gasteiger charge is 2.07. The summed E-state index contributed by atoms with van der Waals surface area (Å²) in [7, 11) is 0. The van der Waals surface area contributed by atoms with E-state index in [9.17, 15) is 10.2 Å². The topological polar surface area (TPSA) is 40.5 Å². The van der Waals surface area contributed by atoms with Gasteiger partial charge in [0.25, 0.3) is 0 Å². The molecular formula is C12H22O2. The third-order valence-corrected chi connectivity index (χ3v) is 1.93. The van der Waals surface area contributed by atoms with Crippen LogP contribution in [0.2, 0.25) is 0 Å². The third kappa shape index (κ3) is 6.87. The quantitative estimate of drug-likeness (QED) is 0.617. The highest BCUT2D eigenvalue weighted by atomic mass is 16.3. The number of hydrogen-bond donors (Lipinski definition) is 2. The van der Waals surface area contributed by atoms with Gasteiger partial charge in [-0.2, -0.15) is 0 Å². The summed E-state index contributed by atoms with van der Waals surface area (Å²) in [6.45, 7) is 4.16. The molecule has 0 aliphatic carbocycles. The molecule has 0 saturated carbocycles. The van der Waals surface area contributed by atoms with Crippen LogP contribution < -0.4 is 0 Å². The minimum atomic E-state index is -0.769. The van der Waals surface area contributed by atoms with E-state index in [1.54, 1.807) is 12.2 Å². The van der Waals surface area contributed by atoms with E-state index in [-0.39, 0.29) is 0 Å². The standard InChI is InChI=1S/C12H22O2/c1-3-5-7-9-11(13)12(14)10-8-6-4-2/h7-14H,3-6H2,1-2H3/b9-7+,10-8+. The van der Waals surface area contributed by atoms with Gasteiger partial charge in [0.2, 0.25) is 0 Å². The zero-order valence-electron chi connectivity index (χ0n) is 9.19. The molecule has 0 radical (unpaired) electrons. The van der Waals surface area contributed by atoms with E-state index >= 15 is 0 Å². The van der Waals surface area contributed by atoms with Crippen molar-refractivity contribution in [1.29, 1.82) is 0 Å². The van der Waals surface area contributed by atoms with Gasteiger partial charge in [-0.3, -0.25) is 0 Å². The van der Waals surface area contributed by atoms with Crippen molar-refractivity contribution in [2.75, 3.05) is 0 Å². The molecule has 14 heavy (non-hydrogen) atoms. The fraction of sp³-hybridized carbons (Fsp3) is 0.667. The van der Waals surface area contributed by atoms with E-state index in [1.165, 1.54) is 0 Å². The summed E-state index contributed by atoms with van der Waals surface area (Å²) in [5.74, 6) is 0. The van der Waals surface area contributed by atoms with Crippen molar-refractivity contribution in [2.24, 2.45) is 0 Å². The first kappa shape index (κ1) is 13.4. The molecule has 2 unspecified atom stereocenters. The lowest BCUT2D eigenvalue weighted by atomic mass is 10.1. The molecule has 2 nitrogen and oxygen atoms in total. The van der Waals surface area contributed by atoms with Gasteiger partial charge >= 0.3 is 0 Å². The first-order valence-corrected chi connectivity index (χ1v) is 5.41. The zero-order valence-corrected chi connectivity index (χ0v) is 9.19. The van der Waals surface area contributed by atoms with Gasteiger partial charge in [0.05, 0.1) is 0 Å². The monoisotopic (exact) mass is 198 g/mol. The molecule has 2 heteroatoms. The van der Waals surface area contributed by atoms with E-state index in [4.69, 9.17) is 0 Å². The smallest absolute Gasteiger partial charge is 0.102 e. The minimum absolute atomic E-state index is 0.769. The summed E-state index contributed by atoms with van der Waals surface area (Å²) in [4.78, 5) is 0. The van der Waals surface area contributed by atoms with Gasteiger partial charge in [-0.05, 0) is 12.8 Å². The van der Waals surface area contributed by atoms with E-state index in [1.807, 2.05) is 12.2 Å². The molecule has 0 saturated heterocycles. The van der Waals surface area contributed by atoms with E-state index in [0.717, 1.165) is 25.7 Å². The lowest BCUT2D eigenvalue weighted by Gasteiger charge is -2.09. The Hall–Kier alpha value is -0.600. The Bertz CT molecular complexity index is 153. The zero-order chi connectivity index (χ0) is 10.8. The molecule has 0 aromatic carbocycles. The van der Waals surface area contributed by atoms with Gasteiger partial charge < -0.3 is 10.2 Å². The molecule has 0 fully saturated rings. The fourth-order valence-corrected chi connectivity index (χ4v) is 1.03. The van der Waals surface area contributed by atoms with Gasteiger partial charge in [0, 0.05) is 0 Å². The molecule has 0 aliphatic rings. The molecule has 82 valence electrons. The van der Waals surface area contributed by atoms with Crippen LogP contribution in [0.3, 0.4) is 0 Å². The summed E-state index contributed by atoms with van der Waals surface area (Å²) < 4.78 is 0. The highest BCUT2D eigenvalue weighted by molar-refractivity contribution is 5.00. The van der Waals surface area contributed by atoms with Crippen molar-refractivity contribution < 1.29 is 10.2 Å². The molecule has 0 spiro atoms. The van der Waals surface area contributed by atoms with E-state index in [2.05, 4.69) is 13.8 Å². The van der Waals surface area contributed by atoms with Crippen LogP contribution in [0.5, 0.6) is 0 Å². The molecular weight excluding hydrogens is 176 g/mol. The van der Waals surface area contributed by atoms with Crippen molar-refractivity contribution in [3.8, 4) is 0 Å². The molecule has 0 heterocycles. The predicted octanol–water partition coefficient (Wildman–Crippen LogP) is 2.42. The molecule has 2 atom stereocenters. The van der Waals surface area contributed by atoms with Gasteiger partial charge in [0.15, 0.2) is 0 Å². The van der Waals surface area contributed by atoms with Gasteiger partial charge in [-0.25, -0.2) is 0 Å². The number of unbranched alkanes of at least 4 members (excludes halogenated alkanes) is 2. The molecule has 2 N–H and O–H groups in total. The van der Waals surface area contributed by atoms with Gasteiger partial charge in [-0.1, -0.05) is 51.0 Å².